The number of carbonyl (C=O) groups is 2. The highest BCUT2D eigenvalue weighted by atomic mass is 16.5. The quantitative estimate of drug-likeness (QED) is 0.732. The molecule has 0 unspecified atom stereocenters. The Labute approximate surface area is 166 Å². The fourth-order valence-corrected chi connectivity index (χ4v) is 3.94. The third kappa shape index (κ3) is 3.16. The van der Waals surface area contributed by atoms with E-state index in [0.717, 1.165) is 17.7 Å². The predicted octanol–water partition coefficient (Wildman–Crippen LogP) is 1.93. The van der Waals surface area contributed by atoms with E-state index in [2.05, 4.69) is 20.4 Å². The van der Waals surface area contributed by atoms with E-state index in [4.69, 9.17) is 4.52 Å². The molecule has 1 aliphatic carbocycles. The molecule has 0 radical (unpaired) electrons. The van der Waals surface area contributed by atoms with E-state index in [1.54, 1.807) is 25.5 Å². The Morgan fingerprint density at radius 2 is 2.03 bits per heavy atom. The van der Waals surface area contributed by atoms with Crippen molar-refractivity contribution in [1.29, 1.82) is 0 Å². The first-order valence-electron chi connectivity index (χ1n) is 9.50. The zero-order valence-corrected chi connectivity index (χ0v) is 15.8. The van der Waals surface area contributed by atoms with E-state index in [1.165, 1.54) is 4.90 Å². The van der Waals surface area contributed by atoms with Crippen molar-refractivity contribution >= 4 is 17.6 Å². The molecular formula is C21H19N5O3. The summed E-state index contributed by atoms with van der Waals surface area (Å²) in [4.78, 5) is 35.9. The SMILES string of the molecule is CN1C(=O)[C@H](NC(=O)c2cc(Cc3ccccc3)on2)[C@@H]2C[C@@H]2c2nccnc21. The van der Waals surface area contributed by atoms with Crippen molar-refractivity contribution in [3.05, 3.63) is 71.5 Å². The number of hydrogen-bond acceptors (Lipinski definition) is 6. The van der Waals surface area contributed by atoms with Crippen LogP contribution in [0.15, 0.2) is 53.3 Å². The highest BCUT2D eigenvalue weighted by molar-refractivity contribution is 6.02. The Kier molecular flexibility index (Phi) is 4.12. The van der Waals surface area contributed by atoms with Crippen molar-refractivity contribution in [2.24, 2.45) is 5.92 Å². The summed E-state index contributed by atoms with van der Waals surface area (Å²) in [6.07, 6.45) is 4.55. The minimum absolute atomic E-state index is 0.0162. The molecule has 8 heteroatoms. The molecule has 2 aliphatic rings. The van der Waals surface area contributed by atoms with Crippen LogP contribution in [-0.2, 0) is 11.2 Å². The maximum absolute atomic E-state index is 13.0. The number of benzene rings is 1. The molecule has 0 spiro atoms. The lowest BCUT2D eigenvalue weighted by atomic mass is 10.1. The van der Waals surface area contributed by atoms with Gasteiger partial charge in [0.05, 0.1) is 5.69 Å². The minimum Gasteiger partial charge on any atom is -0.360 e. The summed E-state index contributed by atoms with van der Waals surface area (Å²) in [6, 6.07) is 10.8. The van der Waals surface area contributed by atoms with Gasteiger partial charge in [0.15, 0.2) is 11.5 Å². The maximum Gasteiger partial charge on any atom is 0.274 e. The number of fused-ring (bicyclic) bond motifs is 3. The molecule has 1 fully saturated rings. The first-order chi connectivity index (χ1) is 14.1. The molecule has 1 aliphatic heterocycles. The summed E-state index contributed by atoms with van der Waals surface area (Å²) in [5.74, 6) is 0.686. The first-order valence-corrected chi connectivity index (χ1v) is 9.50. The second kappa shape index (κ2) is 6.80. The highest BCUT2D eigenvalue weighted by Gasteiger charge is 2.53. The van der Waals surface area contributed by atoms with Gasteiger partial charge in [-0.05, 0) is 17.9 Å². The Balaban J connectivity index is 1.32. The van der Waals surface area contributed by atoms with E-state index in [0.29, 0.717) is 18.0 Å². The van der Waals surface area contributed by atoms with Gasteiger partial charge in [0, 0.05) is 37.8 Å². The van der Waals surface area contributed by atoms with Crippen LogP contribution in [0, 0.1) is 5.92 Å². The molecule has 29 heavy (non-hydrogen) atoms. The molecule has 1 N–H and O–H groups in total. The van der Waals surface area contributed by atoms with Gasteiger partial charge < -0.3 is 9.84 Å². The van der Waals surface area contributed by atoms with Crippen LogP contribution in [0.1, 0.15) is 39.8 Å². The van der Waals surface area contributed by atoms with Crippen molar-refractivity contribution in [1.82, 2.24) is 20.4 Å². The van der Waals surface area contributed by atoms with Gasteiger partial charge in [-0.1, -0.05) is 35.5 Å². The van der Waals surface area contributed by atoms with Gasteiger partial charge >= 0.3 is 0 Å². The Hall–Kier alpha value is -3.55. The molecule has 2 aromatic heterocycles. The Morgan fingerprint density at radius 1 is 1.24 bits per heavy atom. The van der Waals surface area contributed by atoms with Crippen molar-refractivity contribution in [2.45, 2.75) is 24.8 Å². The second-order valence-corrected chi connectivity index (χ2v) is 7.46. The van der Waals surface area contributed by atoms with E-state index >= 15 is 0 Å². The molecule has 1 saturated carbocycles. The van der Waals surface area contributed by atoms with Crippen LogP contribution in [0.25, 0.3) is 0 Å². The van der Waals surface area contributed by atoms with Gasteiger partial charge in [-0.15, -0.1) is 0 Å². The van der Waals surface area contributed by atoms with Gasteiger partial charge in [-0.3, -0.25) is 19.5 Å². The van der Waals surface area contributed by atoms with Crippen LogP contribution in [0.4, 0.5) is 5.82 Å². The van der Waals surface area contributed by atoms with Crippen LogP contribution in [0.2, 0.25) is 0 Å². The molecule has 1 aromatic carbocycles. The lowest BCUT2D eigenvalue weighted by molar-refractivity contribution is -0.120. The second-order valence-electron chi connectivity index (χ2n) is 7.46. The fourth-order valence-electron chi connectivity index (χ4n) is 3.94. The summed E-state index contributed by atoms with van der Waals surface area (Å²) in [7, 11) is 1.66. The van der Waals surface area contributed by atoms with E-state index in [9.17, 15) is 9.59 Å². The third-order valence-electron chi connectivity index (χ3n) is 5.54. The average molecular weight is 389 g/mol. The fraction of sp³-hybridized carbons (Fsp3) is 0.286. The standard InChI is InChI=1S/C21H19N5O3/c1-26-19-17(22-7-8-23-19)14-11-15(14)18(21(26)28)24-20(27)16-10-13(29-25-16)9-12-5-3-2-4-6-12/h2-8,10,14-15,18H,9,11H2,1H3,(H,24,27)/t14-,15+,18+/m0/s1. The zero-order chi connectivity index (χ0) is 20.0. The molecule has 3 heterocycles. The Bertz CT molecular complexity index is 1080. The summed E-state index contributed by atoms with van der Waals surface area (Å²) in [6.45, 7) is 0. The van der Waals surface area contributed by atoms with E-state index < -0.39 is 11.9 Å². The summed E-state index contributed by atoms with van der Waals surface area (Å²) in [5, 5.41) is 6.74. The van der Waals surface area contributed by atoms with Gasteiger partial charge in [0.1, 0.15) is 11.8 Å². The van der Waals surface area contributed by atoms with Crippen LogP contribution < -0.4 is 10.2 Å². The zero-order valence-electron chi connectivity index (χ0n) is 15.8. The lowest BCUT2D eigenvalue weighted by Crippen LogP contribution is -2.48. The molecule has 0 saturated heterocycles. The van der Waals surface area contributed by atoms with Crippen molar-refractivity contribution in [3.8, 4) is 0 Å². The van der Waals surface area contributed by atoms with Gasteiger partial charge in [-0.2, -0.15) is 0 Å². The summed E-state index contributed by atoms with van der Waals surface area (Å²) >= 11 is 0. The number of amides is 2. The first kappa shape index (κ1) is 17.5. The van der Waals surface area contributed by atoms with E-state index in [1.807, 2.05) is 30.3 Å². The summed E-state index contributed by atoms with van der Waals surface area (Å²) < 4.78 is 5.31. The normalized spacial score (nSPS) is 22.4. The van der Waals surface area contributed by atoms with Crippen molar-refractivity contribution in [2.75, 3.05) is 11.9 Å². The van der Waals surface area contributed by atoms with Crippen molar-refractivity contribution < 1.29 is 14.1 Å². The summed E-state index contributed by atoms with van der Waals surface area (Å²) in [5.41, 5.74) is 2.05. The smallest absolute Gasteiger partial charge is 0.274 e. The molecule has 2 amide bonds. The van der Waals surface area contributed by atoms with Gasteiger partial charge in [0.25, 0.3) is 11.8 Å². The number of nitrogens with zero attached hydrogens (tertiary/aromatic N) is 4. The van der Waals surface area contributed by atoms with Gasteiger partial charge in [0.2, 0.25) is 0 Å². The molecular weight excluding hydrogens is 370 g/mol. The van der Waals surface area contributed by atoms with Crippen molar-refractivity contribution in [3.63, 3.8) is 0 Å². The van der Waals surface area contributed by atoms with Crippen LogP contribution >= 0.6 is 0 Å². The minimum atomic E-state index is -0.636. The lowest BCUT2D eigenvalue weighted by Gasteiger charge is -2.22. The number of hydrogen-bond donors (Lipinski definition) is 1. The number of nitrogens with one attached hydrogen (secondary N) is 1. The molecule has 3 atom stereocenters. The molecule has 5 rings (SSSR count). The third-order valence-corrected chi connectivity index (χ3v) is 5.54. The highest BCUT2D eigenvalue weighted by Crippen LogP contribution is 2.53. The van der Waals surface area contributed by atoms with Crippen LogP contribution in [0.3, 0.4) is 0 Å². The molecule has 8 nitrogen and oxygen atoms in total. The predicted molar refractivity (Wildman–Crippen MR) is 103 cm³/mol. The molecule has 0 bridgehead atoms. The number of carbonyl (C=O) groups excluding carboxylic acids is 2. The number of likely N-dealkylation sites (N-methyl/N-ethyl adjacent to an activating group) is 1. The topological polar surface area (TPSA) is 101 Å². The largest absolute Gasteiger partial charge is 0.360 e. The molecule has 3 aromatic rings. The maximum atomic E-state index is 13.0. The van der Waals surface area contributed by atoms with Crippen LogP contribution in [0.5, 0.6) is 0 Å². The van der Waals surface area contributed by atoms with E-state index in [-0.39, 0.29) is 23.4 Å². The van der Waals surface area contributed by atoms with Gasteiger partial charge in [-0.25, -0.2) is 4.98 Å². The number of aromatic nitrogens is 3. The average Bonchev–Trinajstić information content (AvgIpc) is 3.41. The number of anilines is 1. The Morgan fingerprint density at radius 3 is 2.86 bits per heavy atom. The number of rotatable bonds is 4. The molecule has 146 valence electrons. The van der Waals surface area contributed by atoms with Crippen LogP contribution in [-0.4, -0.2) is 40.0 Å². The monoisotopic (exact) mass is 389 g/mol.